The summed E-state index contributed by atoms with van der Waals surface area (Å²) >= 11 is 1.75. The Balaban J connectivity index is 1.53. The number of hydrogen-bond donors (Lipinski definition) is 1. The first kappa shape index (κ1) is 13.5. The lowest BCUT2D eigenvalue weighted by atomic mass is 10.3. The zero-order valence-corrected chi connectivity index (χ0v) is 12.3. The quantitative estimate of drug-likeness (QED) is 0.884. The van der Waals surface area contributed by atoms with Crippen LogP contribution in [0.1, 0.15) is 16.6 Å². The number of aromatic nitrogens is 3. The summed E-state index contributed by atoms with van der Waals surface area (Å²) in [4.78, 5) is 14.6. The van der Waals surface area contributed by atoms with Gasteiger partial charge in [-0.3, -0.25) is 4.90 Å². The first-order valence-electron chi connectivity index (χ1n) is 6.66. The minimum Gasteiger partial charge on any atom is -0.346 e. The normalized spacial score (nSPS) is 16.8. The van der Waals surface area contributed by atoms with Gasteiger partial charge in [-0.1, -0.05) is 5.16 Å². The van der Waals surface area contributed by atoms with Crippen LogP contribution < -0.4 is 10.6 Å². The molecule has 1 aliphatic heterocycles. The highest BCUT2D eigenvalue weighted by Gasteiger charge is 2.20. The highest BCUT2D eigenvalue weighted by atomic mass is 32.1. The van der Waals surface area contributed by atoms with Crippen molar-refractivity contribution >= 4 is 16.5 Å². The maximum atomic E-state index is 5.46. The number of nitrogens with zero attached hydrogens (tertiary/aromatic N) is 5. The highest BCUT2D eigenvalue weighted by Crippen LogP contribution is 2.22. The van der Waals surface area contributed by atoms with Crippen LogP contribution in [0.15, 0.2) is 10.7 Å². The molecule has 0 bridgehead atoms. The average molecular weight is 294 g/mol. The van der Waals surface area contributed by atoms with Crippen LogP contribution in [0.3, 0.4) is 0 Å². The van der Waals surface area contributed by atoms with Crippen molar-refractivity contribution < 1.29 is 4.52 Å². The van der Waals surface area contributed by atoms with Gasteiger partial charge < -0.3 is 15.2 Å². The average Bonchev–Trinajstić information content (AvgIpc) is 3.09. The molecule has 3 heterocycles. The van der Waals surface area contributed by atoms with Crippen LogP contribution >= 0.6 is 11.3 Å². The second-order valence-corrected chi connectivity index (χ2v) is 6.04. The monoisotopic (exact) mass is 294 g/mol. The third-order valence-electron chi connectivity index (χ3n) is 3.30. The number of thiazole rings is 1. The van der Waals surface area contributed by atoms with E-state index >= 15 is 0 Å². The number of nitrogens with two attached hydrogens (primary N) is 1. The first-order valence-corrected chi connectivity index (χ1v) is 7.47. The van der Waals surface area contributed by atoms with Gasteiger partial charge in [0, 0.05) is 37.3 Å². The van der Waals surface area contributed by atoms with Crippen molar-refractivity contribution in [3.63, 3.8) is 0 Å². The summed E-state index contributed by atoms with van der Waals surface area (Å²) in [5, 5.41) is 5.05. The third-order valence-corrected chi connectivity index (χ3v) is 4.28. The molecule has 0 aromatic carbocycles. The van der Waals surface area contributed by atoms with Crippen molar-refractivity contribution in [3.05, 3.63) is 22.8 Å². The van der Waals surface area contributed by atoms with E-state index < -0.39 is 0 Å². The van der Waals surface area contributed by atoms with Crippen LogP contribution in [0.25, 0.3) is 0 Å². The molecular formula is C12H18N6OS. The fourth-order valence-electron chi connectivity index (χ4n) is 2.22. The Morgan fingerprint density at radius 3 is 2.75 bits per heavy atom. The van der Waals surface area contributed by atoms with Gasteiger partial charge in [0.2, 0.25) is 5.89 Å². The van der Waals surface area contributed by atoms with Crippen LogP contribution in [-0.4, -0.2) is 46.2 Å². The second-order valence-electron chi connectivity index (χ2n) is 4.83. The Kier molecular flexibility index (Phi) is 3.95. The summed E-state index contributed by atoms with van der Waals surface area (Å²) in [6.07, 6.45) is 1.93. The van der Waals surface area contributed by atoms with Crippen molar-refractivity contribution in [2.45, 2.75) is 20.0 Å². The van der Waals surface area contributed by atoms with Gasteiger partial charge >= 0.3 is 0 Å². The van der Waals surface area contributed by atoms with E-state index in [0.29, 0.717) is 24.8 Å². The predicted octanol–water partition coefficient (Wildman–Crippen LogP) is 0.615. The summed E-state index contributed by atoms with van der Waals surface area (Å²) in [6.45, 7) is 7.01. The predicted molar refractivity (Wildman–Crippen MR) is 76.5 cm³/mol. The summed E-state index contributed by atoms with van der Waals surface area (Å²) < 4.78 is 5.02. The highest BCUT2D eigenvalue weighted by molar-refractivity contribution is 7.15. The van der Waals surface area contributed by atoms with Crippen molar-refractivity contribution in [2.75, 3.05) is 31.1 Å². The second kappa shape index (κ2) is 5.86. The largest absolute Gasteiger partial charge is 0.346 e. The molecule has 8 heteroatoms. The van der Waals surface area contributed by atoms with E-state index in [4.69, 9.17) is 10.3 Å². The third kappa shape index (κ3) is 2.97. The topological polar surface area (TPSA) is 84.3 Å². The molecule has 7 nitrogen and oxygen atoms in total. The molecule has 3 rings (SSSR count). The summed E-state index contributed by atoms with van der Waals surface area (Å²) in [5.74, 6) is 1.21. The summed E-state index contributed by atoms with van der Waals surface area (Å²) in [6, 6.07) is 0. The number of aryl methyl sites for hydroxylation is 1. The van der Waals surface area contributed by atoms with E-state index in [1.54, 1.807) is 11.3 Å². The summed E-state index contributed by atoms with van der Waals surface area (Å²) in [5.41, 5.74) is 5.46. The fraction of sp³-hybridized carbons (Fsp3) is 0.583. The van der Waals surface area contributed by atoms with E-state index in [1.807, 2.05) is 6.20 Å². The molecule has 0 saturated carbocycles. The number of hydrogen-bond acceptors (Lipinski definition) is 8. The molecule has 1 fully saturated rings. The molecule has 0 unspecified atom stereocenters. The Bertz CT molecular complexity index is 560. The van der Waals surface area contributed by atoms with E-state index in [1.165, 1.54) is 4.88 Å². The number of rotatable bonds is 4. The molecule has 0 aliphatic carbocycles. The van der Waals surface area contributed by atoms with Crippen LogP contribution in [0.2, 0.25) is 0 Å². The van der Waals surface area contributed by atoms with Gasteiger partial charge in [-0.05, 0) is 6.92 Å². The Labute approximate surface area is 121 Å². The van der Waals surface area contributed by atoms with E-state index in [9.17, 15) is 0 Å². The van der Waals surface area contributed by atoms with E-state index in [-0.39, 0.29) is 0 Å². The fourth-order valence-corrected chi connectivity index (χ4v) is 3.03. The van der Waals surface area contributed by atoms with Gasteiger partial charge in [0.15, 0.2) is 11.0 Å². The molecular weight excluding hydrogens is 276 g/mol. The van der Waals surface area contributed by atoms with Crippen molar-refractivity contribution in [3.8, 4) is 0 Å². The zero-order valence-electron chi connectivity index (χ0n) is 11.4. The van der Waals surface area contributed by atoms with Crippen LogP contribution in [0.4, 0.5) is 5.13 Å². The maximum Gasteiger partial charge on any atom is 0.240 e. The smallest absolute Gasteiger partial charge is 0.240 e. The lowest BCUT2D eigenvalue weighted by Gasteiger charge is -2.33. The van der Waals surface area contributed by atoms with Crippen LogP contribution in [-0.2, 0) is 13.1 Å². The molecule has 0 spiro atoms. The van der Waals surface area contributed by atoms with Crippen molar-refractivity contribution in [1.82, 2.24) is 20.0 Å². The van der Waals surface area contributed by atoms with Gasteiger partial charge in [0.05, 0.1) is 13.1 Å². The van der Waals surface area contributed by atoms with Gasteiger partial charge in [-0.2, -0.15) is 4.98 Å². The lowest BCUT2D eigenvalue weighted by Crippen LogP contribution is -2.46. The first-order chi connectivity index (χ1) is 9.74. The molecule has 2 aromatic rings. The Morgan fingerprint density at radius 1 is 1.35 bits per heavy atom. The molecule has 1 saturated heterocycles. The van der Waals surface area contributed by atoms with E-state index in [0.717, 1.165) is 31.3 Å². The van der Waals surface area contributed by atoms with Crippen molar-refractivity contribution in [2.24, 2.45) is 5.73 Å². The number of anilines is 1. The summed E-state index contributed by atoms with van der Waals surface area (Å²) in [7, 11) is 0. The minimum atomic E-state index is 0.296. The van der Waals surface area contributed by atoms with Gasteiger partial charge in [0.1, 0.15) is 0 Å². The Hall–Kier alpha value is -1.51. The van der Waals surface area contributed by atoms with Gasteiger partial charge in [-0.15, -0.1) is 11.3 Å². The molecule has 2 aromatic heterocycles. The van der Waals surface area contributed by atoms with E-state index in [2.05, 4.69) is 31.8 Å². The molecule has 108 valence electrons. The Morgan fingerprint density at radius 2 is 2.15 bits per heavy atom. The standard InChI is InChI=1S/C12H18N6OS/c1-9-7-14-12(20-9)18-4-2-17(3-5-18)8-10-15-11(6-13)19-16-10/h7H,2-6,8,13H2,1H3. The van der Waals surface area contributed by atoms with Crippen LogP contribution in [0.5, 0.6) is 0 Å². The lowest BCUT2D eigenvalue weighted by molar-refractivity contribution is 0.240. The molecule has 20 heavy (non-hydrogen) atoms. The molecule has 0 atom stereocenters. The van der Waals surface area contributed by atoms with Gasteiger partial charge in [0.25, 0.3) is 0 Å². The molecule has 0 radical (unpaired) electrons. The van der Waals surface area contributed by atoms with Gasteiger partial charge in [-0.25, -0.2) is 4.98 Å². The maximum absolute atomic E-state index is 5.46. The number of piperazine rings is 1. The molecule has 0 amide bonds. The minimum absolute atomic E-state index is 0.296. The molecule has 2 N–H and O–H groups in total. The van der Waals surface area contributed by atoms with Crippen molar-refractivity contribution in [1.29, 1.82) is 0 Å². The molecule has 1 aliphatic rings. The zero-order chi connectivity index (χ0) is 13.9. The SMILES string of the molecule is Cc1cnc(N2CCN(Cc3noc(CN)n3)CC2)s1. The van der Waals surface area contributed by atoms with Crippen LogP contribution in [0, 0.1) is 6.92 Å².